The minimum absolute atomic E-state index is 0.835. The molecule has 92 valence electrons. The average molecular weight is 426 g/mol. The van der Waals surface area contributed by atoms with Crippen molar-refractivity contribution in [3.63, 3.8) is 0 Å². The van der Waals surface area contributed by atoms with Crippen LogP contribution in [0.2, 0.25) is 0 Å². The normalized spacial score (nSPS) is 11.1. The van der Waals surface area contributed by atoms with Crippen molar-refractivity contribution in [1.29, 1.82) is 0 Å². The Labute approximate surface area is 125 Å². The fourth-order valence-electron chi connectivity index (χ4n) is 1.97. The summed E-state index contributed by atoms with van der Waals surface area (Å²) in [6, 6.07) is 2.04. The molecule has 0 radical (unpaired) electrons. The highest BCUT2D eigenvalue weighted by atomic mass is 79.9. The zero-order valence-corrected chi connectivity index (χ0v) is 14.3. The van der Waals surface area contributed by atoms with Crippen molar-refractivity contribution in [3.8, 4) is 5.75 Å². The fraction of sp³-hybridized carbons (Fsp3) is 0.333. The second-order valence-electron chi connectivity index (χ2n) is 3.80. The van der Waals surface area contributed by atoms with Gasteiger partial charge in [-0.25, -0.2) is 0 Å². The predicted octanol–water partition coefficient (Wildman–Crippen LogP) is 5.42. The van der Waals surface area contributed by atoms with Gasteiger partial charge < -0.3 is 9.72 Å². The minimum Gasteiger partial charge on any atom is -0.494 e. The lowest BCUT2D eigenvalue weighted by molar-refractivity contribution is 0.410. The van der Waals surface area contributed by atoms with Crippen LogP contribution < -0.4 is 4.74 Å². The summed E-state index contributed by atoms with van der Waals surface area (Å²) < 4.78 is 8.39. The Kier molecular flexibility index (Phi) is 4.21. The molecule has 0 fully saturated rings. The van der Waals surface area contributed by atoms with Crippen LogP contribution in [-0.4, -0.2) is 12.1 Å². The first-order valence-electron chi connectivity index (χ1n) is 5.32. The molecule has 0 aliphatic carbocycles. The second-order valence-corrected chi connectivity index (χ2v) is 6.24. The predicted molar refractivity (Wildman–Crippen MR) is 81.9 cm³/mol. The van der Waals surface area contributed by atoms with E-state index in [1.54, 1.807) is 7.11 Å². The maximum absolute atomic E-state index is 5.40. The van der Waals surface area contributed by atoms with Gasteiger partial charge in [0.1, 0.15) is 5.75 Å². The molecule has 0 atom stereocenters. The molecule has 0 bridgehead atoms. The van der Waals surface area contributed by atoms with Crippen molar-refractivity contribution in [2.75, 3.05) is 7.11 Å². The van der Waals surface area contributed by atoms with E-state index in [9.17, 15) is 0 Å². The number of fused-ring (bicyclic) bond motifs is 1. The first-order chi connectivity index (χ1) is 8.10. The van der Waals surface area contributed by atoms with Crippen LogP contribution in [0.3, 0.4) is 0 Å². The zero-order chi connectivity index (χ0) is 12.6. The van der Waals surface area contributed by atoms with E-state index in [1.807, 2.05) is 6.07 Å². The van der Waals surface area contributed by atoms with Gasteiger partial charge in [-0.3, -0.25) is 0 Å². The van der Waals surface area contributed by atoms with Crippen LogP contribution in [0.15, 0.2) is 19.6 Å². The summed E-state index contributed by atoms with van der Waals surface area (Å²) >= 11 is 10.7. The summed E-state index contributed by atoms with van der Waals surface area (Å²) in [5.74, 6) is 0.835. The molecule has 5 heteroatoms. The lowest BCUT2D eigenvalue weighted by Gasteiger charge is -2.08. The molecule has 0 saturated carbocycles. The topological polar surface area (TPSA) is 25.0 Å². The summed E-state index contributed by atoms with van der Waals surface area (Å²) in [4.78, 5) is 3.35. The van der Waals surface area contributed by atoms with Crippen LogP contribution >= 0.6 is 47.8 Å². The van der Waals surface area contributed by atoms with Crippen molar-refractivity contribution >= 4 is 58.7 Å². The van der Waals surface area contributed by atoms with E-state index in [-0.39, 0.29) is 0 Å². The van der Waals surface area contributed by atoms with Crippen molar-refractivity contribution in [2.24, 2.45) is 0 Å². The van der Waals surface area contributed by atoms with Crippen LogP contribution in [-0.2, 0) is 6.42 Å². The molecule has 1 N–H and O–H groups in total. The molecule has 2 nitrogen and oxygen atoms in total. The number of aryl methyl sites for hydroxylation is 1. The minimum atomic E-state index is 0.835. The Balaban J connectivity index is 2.80. The molecule has 17 heavy (non-hydrogen) atoms. The molecule has 0 amide bonds. The number of aromatic amines is 1. The van der Waals surface area contributed by atoms with Crippen LogP contribution in [0.4, 0.5) is 0 Å². The second kappa shape index (κ2) is 5.33. The van der Waals surface area contributed by atoms with Crippen molar-refractivity contribution in [3.05, 3.63) is 25.2 Å². The van der Waals surface area contributed by atoms with Crippen molar-refractivity contribution in [2.45, 2.75) is 19.8 Å². The number of hydrogen-bond acceptors (Lipinski definition) is 1. The van der Waals surface area contributed by atoms with Gasteiger partial charge in [0.05, 0.1) is 20.7 Å². The molecule has 1 aromatic heterocycles. The molecule has 0 aliphatic heterocycles. The monoisotopic (exact) mass is 423 g/mol. The third kappa shape index (κ3) is 2.29. The van der Waals surface area contributed by atoms with E-state index in [0.717, 1.165) is 37.7 Å². The molecular weight excluding hydrogens is 414 g/mol. The number of rotatable bonds is 3. The molecular formula is C12H12Br3NO. The van der Waals surface area contributed by atoms with Crippen molar-refractivity contribution in [1.82, 2.24) is 4.98 Å². The molecule has 1 heterocycles. The van der Waals surface area contributed by atoms with Gasteiger partial charge in [0, 0.05) is 10.9 Å². The van der Waals surface area contributed by atoms with E-state index >= 15 is 0 Å². The lowest BCUT2D eigenvalue weighted by atomic mass is 10.1. The first-order valence-corrected chi connectivity index (χ1v) is 7.70. The smallest absolute Gasteiger partial charge is 0.147 e. The van der Waals surface area contributed by atoms with Gasteiger partial charge in [0.2, 0.25) is 0 Å². The van der Waals surface area contributed by atoms with Gasteiger partial charge in [0.15, 0.2) is 0 Å². The lowest BCUT2D eigenvalue weighted by Crippen LogP contribution is -1.89. The van der Waals surface area contributed by atoms with Gasteiger partial charge in [-0.1, -0.05) is 13.3 Å². The Morgan fingerprint density at radius 1 is 1.29 bits per heavy atom. The summed E-state index contributed by atoms with van der Waals surface area (Å²) in [6.07, 6.45) is 2.14. The van der Waals surface area contributed by atoms with E-state index in [2.05, 4.69) is 59.7 Å². The summed E-state index contributed by atoms with van der Waals surface area (Å²) in [6.45, 7) is 2.18. The van der Waals surface area contributed by atoms with Gasteiger partial charge >= 0.3 is 0 Å². The highest BCUT2D eigenvalue weighted by molar-refractivity contribution is 9.11. The van der Waals surface area contributed by atoms with Crippen LogP contribution in [0.1, 0.15) is 18.9 Å². The summed E-state index contributed by atoms with van der Waals surface area (Å²) in [7, 11) is 1.68. The molecule has 0 spiro atoms. The number of hydrogen-bond donors (Lipinski definition) is 1. The third-order valence-electron chi connectivity index (χ3n) is 2.69. The van der Waals surface area contributed by atoms with Gasteiger partial charge in [-0.15, -0.1) is 0 Å². The number of methoxy groups -OCH3 is 1. The molecule has 1 aromatic carbocycles. The Morgan fingerprint density at radius 2 is 2.00 bits per heavy atom. The SMILES string of the molecule is CCCc1c(Br)[nH]c2cc(Br)c(OC)c(Br)c12. The summed E-state index contributed by atoms with van der Waals surface area (Å²) in [5.41, 5.74) is 2.39. The van der Waals surface area contributed by atoms with Crippen molar-refractivity contribution < 1.29 is 4.74 Å². The molecule has 2 rings (SSSR count). The largest absolute Gasteiger partial charge is 0.494 e. The maximum Gasteiger partial charge on any atom is 0.147 e. The standard InChI is InChI=1S/C12H12Br3NO/c1-3-4-6-9-8(16-12(6)15)5-7(13)11(17-2)10(9)14/h5,16H,3-4H2,1-2H3. The number of aromatic nitrogens is 1. The van der Waals surface area contributed by atoms with E-state index in [1.165, 1.54) is 10.9 Å². The van der Waals surface area contributed by atoms with Crippen LogP contribution in [0.5, 0.6) is 5.75 Å². The van der Waals surface area contributed by atoms with Gasteiger partial charge in [0.25, 0.3) is 0 Å². The number of nitrogens with one attached hydrogen (secondary N) is 1. The molecule has 0 saturated heterocycles. The van der Waals surface area contributed by atoms with E-state index < -0.39 is 0 Å². The average Bonchev–Trinajstić information content (AvgIpc) is 2.56. The third-order valence-corrected chi connectivity index (χ3v) is 4.71. The Bertz CT molecular complexity index is 563. The Morgan fingerprint density at radius 3 is 2.59 bits per heavy atom. The van der Waals surface area contributed by atoms with E-state index in [0.29, 0.717) is 0 Å². The molecule has 0 aliphatic rings. The maximum atomic E-state index is 5.40. The number of benzene rings is 1. The van der Waals surface area contributed by atoms with Gasteiger partial charge in [-0.2, -0.15) is 0 Å². The van der Waals surface area contributed by atoms with Crippen LogP contribution in [0, 0.1) is 0 Å². The van der Waals surface area contributed by atoms with Gasteiger partial charge in [-0.05, 0) is 65.8 Å². The highest BCUT2D eigenvalue weighted by Crippen LogP contribution is 2.42. The molecule has 0 unspecified atom stereocenters. The highest BCUT2D eigenvalue weighted by Gasteiger charge is 2.17. The first kappa shape index (κ1) is 13.4. The molecule has 2 aromatic rings. The van der Waals surface area contributed by atoms with Crippen LogP contribution in [0.25, 0.3) is 10.9 Å². The summed E-state index contributed by atoms with van der Waals surface area (Å²) in [5, 5.41) is 1.19. The number of H-pyrrole nitrogens is 1. The fourth-order valence-corrected chi connectivity index (χ4v) is 4.26. The number of halogens is 3. The zero-order valence-electron chi connectivity index (χ0n) is 9.53. The van der Waals surface area contributed by atoms with E-state index in [4.69, 9.17) is 4.74 Å². The Hall–Kier alpha value is -0.000000000000000111. The number of ether oxygens (including phenoxy) is 1. The quantitative estimate of drug-likeness (QED) is 0.698.